The van der Waals surface area contributed by atoms with Crippen molar-refractivity contribution < 1.29 is 18.4 Å². The van der Waals surface area contributed by atoms with Gasteiger partial charge in [0, 0.05) is 17.3 Å². The molecule has 0 bridgehead atoms. The average molecular weight is 368 g/mol. The third-order valence-electron chi connectivity index (χ3n) is 4.03. The van der Waals surface area contributed by atoms with Crippen molar-refractivity contribution in [2.75, 3.05) is 11.9 Å². The zero-order valence-electron chi connectivity index (χ0n) is 15.2. The number of halogens is 1. The molecule has 0 atom stereocenters. The van der Waals surface area contributed by atoms with Crippen molar-refractivity contribution in [1.29, 1.82) is 0 Å². The molecule has 0 unspecified atom stereocenters. The molecule has 0 aliphatic carbocycles. The van der Waals surface area contributed by atoms with Crippen LogP contribution in [0.5, 0.6) is 0 Å². The van der Waals surface area contributed by atoms with E-state index in [1.165, 1.54) is 17.7 Å². The van der Waals surface area contributed by atoms with Crippen molar-refractivity contribution in [2.45, 2.75) is 26.4 Å². The van der Waals surface area contributed by atoms with Crippen LogP contribution in [0.25, 0.3) is 11.3 Å². The summed E-state index contributed by atoms with van der Waals surface area (Å²) in [6.45, 7) is 4.29. The Hall–Kier alpha value is -2.99. The number of nitrogens with zero attached hydrogens (tertiary/aromatic N) is 1. The number of rotatable bonds is 7. The molecule has 0 aliphatic rings. The zero-order valence-corrected chi connectivity index (χ0v) is 15.2. The van der Waals surface area contributed by atoms with Crippen molar-refractivity contribution in [2.24, 2.45) is 0 Å². The number of nitrogens with one attached hydrogen (secondary N) is 1. The molecule has 2 aromatic carbocycles. The lowest BCUT2D eigenvalue weighted by molar-refractivity contribution is -0.121. The fourth-order valence-electron chi connectivity index (χ4n) is 2.53. The molecule has 1 heterocycles. The number of carbonyl (C=O) groups excluding carboxylic acids is 1. The van der Waals surface area contributed by atoms with Crippen LogP contribution in [0.2, 0.25) is 0 Å². The fraction of sp³-hybridized carbons (Fsp3) is 0.238. The van der Waals surface area contributed by atoms with Gasteiger partial charge in [-0.25, -0.2) is 4.39 Å². The summed E-state index contributed by atoms with van der Waals surface area (Å²) in [7, 11) is 0. The predicted octanol–water partition coefficient (Wildman–Crippen LogP) is 4.76. The number of amides is 1. The summed E-state index contributed by atoms with van der Waals surface area (Å²) in [5.41, 5.74) is 3.22. The van der Waals surface area contributed by atoms with Crippen molar-refractivity contribution in [3.8, 4) is 11.3 Å². The van der Waals surface area contributed by atoms with E-state index >= 15 is 0 Å². The van der Waals surface area contributed by atoms with E-state index in [0.29, 0.717) is 17.4 Å². The highest BCUT2D eigenvalue weighted by molar-refractivity contribution is 5.91. The maximum atomic E-state index is 13.0. The Bertz CT molecular complexity index is 887. The molecular formula is C21H21FN2O3. The van der Waals surface area contributed by atoms with Crippen LogP contribution < -0.4 is 5.32 Å². The molecule has 0 fully saturated rings. The second-order valence-corrected chi connectivity index (χ2v) is 6.51. The van der Waals surface area contributed by atoms with E-state index in [0.717, 1.165) is 11.3 Å². The third-order valence-corrected chi connectivity index (χ3v) is 4.03. The van der Waals surface area contributed by atoms with Gasteiger partial charge in [0.05, 0.1) is 6.61 Å². The Morgan fingerprint density at radius 2 is 1.85 bits per heavy atom. The Morgan fingerprint density at radius 3 is 2.52 bits per heavy atom. The van der Waals surface area contributed by atoms with Gasteiger partial charge in [0.25, 0.3) is 0 Å². The molecule has 3 rings (SSSR count). The topological polar surface area (TPSA) is 64.4 Å². The minimum atomic E-state index is -0.313. The summed E-state index contributed by atoms with van der Waals surface area (Å²) in [6.07, 6.45) is 0. The highest BCUT2D eigenvalue weighted by Gasteiger charge is 2.09. The molecule has 6 heteroatoms. The SMILES string of the molecule is CC(C)c1ccc(NC(=O)COCc2cc(-c3ccc(F)cc3)on2)cc1. The summed E-state index contributed by atoms with van der Waals surface area (Å²) in [6, 6.07) is 15.4. The first-order chi connectivity index (χ1) is 13.0. The Balaban J connectivity index is 1.47. The van der Waals surface area contributed by atoms with Crippen LogP contribution in [0.3, 0.4) is 0 Å². The molecule has 0 saturated heterocycles. The van der Waals surface area contributed by atoms with Gasteiger partial charge in [0.1, 0.15) is 18.1 Å². The van der Waals surface area contributed by atoms with Gasteiger partial charge in [-0.15, -0.1) is 0 Å². The molecule has 3 aromatic rings. The van der Waals surface area contributed by atoms with Crippen LogP contribution in [0.4, 0.5) is 10.1 Å². The van der Waals surface area contributed by atoms with Gasteiger partial charge >= 0.3 is 0 Å². The van der Waals surface area contributed by atoms with E-state index in [1.54, 1.807) is 18.2 Å². The van der Waals surface area contributed by atoms with E-state index in [2.05, 4.69) is 24.3 Å². The maximum Gasteiger partial charge on any atom is 0.250 e. The first kappa shape index (κ1) is 18.8. The van der Waals surface area contributed by atoms with E-state index in [9.17, 15) is 9.18 Å². The molecule has 0 spiro atoms. The molecule has 140 valence electrons. The van der Waals surface area contributed by atoms with Crippen molar-refractivity contribution in [3.05, 3.63) is 71.7 Å². The number of benzene rings is 2. The number of carbonyl (C=O) groups is 1. The van der Waals surface area contributed by atoms with Gasteiger partial charge in [-0.05, 0) is 47.9 Å². The number of hydrogen-bond acceptors (Lipinski definition) is 4. The highest BCUT2D eigenvalue weighted by Crippen LogP contribution is 2.21. The zero-order chi connectivity index (χ0) is 19.2. The van der Waals surface area contributed by atoms with Crippen LogP contribution in [0.1, 0.15) is 31.0 Å². The Labute approximate surface area is 157 Å². The minimum absolute atomic E-state index is 0.0926. The lowest BCUT2D eigenvalue weighted by Crippen LogP contribution is -2.18. The van der Waals surface area contributed by atoms with Gasteiger partial charge in [0.2, 0.25) is 5.91 Å². The lowest BCUT2D eigenvalue weighted by Gasteiger charge is -2.08. The number of hydrogen-bond donors (Lipinski definition) is 1. The summed E-state index contributed by atoms with van der Waals surface area (Å²) in [4.78, 5) is 12.0. The van der Waals surface area contributed by atoms with Gasteiger partial charge in [-0.3, -0.25) is 4.79 Å². The summed E-state index contributed by atoms with van der Waals surface area (Å²) >= 11 is 0. The lowest BCUT2D eigenvalue weighted by atomic mass is 10.0. The summed E-state index contributed by atoms with van der Waals surface area (Å²) in [5, 5.41) is 6.68. The normalized spacial score (nSPS) is 11.0. The van der Waals surface area contributed by atoms with Crippen LogP contribution in [0.15, 0.2) is 59.1 Å². The van der Waals surface area contributed by atoms with E-state index in [4.69, 9.17) is 9.26 Å². The van der Waals surface area contributed by atoms with Crippen LogP contribution in [-0.2, 0) is 16.1 Å². The van der Waals surface area contributed by atoms with Gasteiger partial charge in [-0.2, -0.15) is 0 Å². The Kier molecular flexibility index (Phi) is 5.98. The first-order valence-corrected chi connectivity index (χ1v) is 8.70. The first-order valence-electron chi connectivity index (χ1n) is 8.70. The molecule has 0 radical (unpaired) electrons. The van der Waals surface area contributed by atoms with Crippen LogP contribution >= 0.6 is 0 Å². The predicted molar refractivity (Wildman–Crippen MR) is 101 cm³/mol. The van der Waals surface area contributed by atoms with Crippen molar-refractivity contribution in [3.63, 3.8) is 0 Å². The van der Waals surface area contributed by atoms with E-state index in [1.807, 2.05) is 24.3 Å². The van der Waals surface area contributed by atoms with Gasteiger partial charge < -0.3 is 14.6 Å². The van der Waals surface area contributed by atoms with E-state index in [-0.39, 0.29) is 24.9 Å². The largest absolute Gasteiger partial charge is 0.365 e. The Morgan fingerprint density at radius 1 is 1.15 bits per heavy atom. The molecule has 0 saturated carbocycles. The third kappa shape index (κ3) is 5.24. The quantitative estimate of drug-likeness (QED) is 0.653. The molecule has 1 N–H and O–H groups in total. The summed E-state index contributed by atoms with van der Waals surface area (Å²) < 4.78 is 23.6. The smallest absolute Gasteiger partial charge is 0.250 e. The minimum Gasteiger partial charge on any atom is -0.365 e. The van der Waals surface area contributed by atoms with Crippen LogP contribution in [0, 0.1) is 5.82 Å². The number of anilines is 1. The monoisotopic (exact) mass is 368 g/mol. The highest BCUT2D eigenvalue weighted by atomic mass is 19.1. The molecule has 1 aromatic heterocycles. The van der Waals surface area contributed by atoms with E-state index < -0.39 is 0 Å². The molecule has 1 amide bonds. The van der Waals surface area contributed by atoms with Crippen molar-refractivity contribution >= 4 is 11.6 Å². The molecular weight excluding hydrogens is 347 g/mol. The standard InChI is InChI=1S/C21H21FN2O3/c1-14(2)15-5-9-18(10-6-15)23-21(25)13-26-12-19-11-20(27-24-19)16-3-7-17(22)8-4-16/h3-11,14H,12-13H2,1-2H3,(H,23,25). The molecule has 27 heavy (non-hydrogen) atoms. The van der Waals surface area contributed by atoms with Gasteiger partial charge in [-0.1, -0.05) is 31.1 Å². The van der Waals surface area contributed by atoms with Crippen molar-refractivity contribution in [1.82, 2.24) is 5.16 Å². The number of ether oxygens (including phenoxy) is 1. The average Bonchev–Trinajstić information content (AvgIpc) is 3.11. The molecule has 0 aliphatic heterocycles. The van der Waals surface area contributed by atoms with Gasteiger partial charge in [0.15, 0.2) is 5.76 Å². The molecule has 5 nitrogen and oxygen atoms in total. The second-order valence-electron chi connectivity index (χ2n) is 6.51. The van der Waals surface area contributed by atoms with Crippen LogP contribution in [-0.4, -0.2) is 17.7 Å². The fourth-order valence-corrected chi connectivity index (χ4v) is 2.53. The second kappa shape index (κ2) is 8.60. The number of aromatic nitrogens is 1. The maximum absolute atomic E-state index is 13.0. The summed E-state index contributed by atoms with van der Waals surface area (Å²) in [5.74, 6) is 0.407.